The van der Waals surface area contributed by atoms with Crippen LogP contribution in [0.3, 0.4) is 0 Å². The lowest BCUT2D eigenvalue weighted by molar-refractivity contribution is -0.120. The van der Waals surface area contributed by atoms with Gasteiger partial charge in [0.05, 0.1) is 38.3 Å². The van der Waals surface area contributed by atoms with Gasteiger partial charge in [0.15, 0.2) is 11.5 Å². The second-order valence-corrected chi connectivity index (χ2v) is 10.2. The Morgan fingerprint density at radius 2 is 1.77 bits per heavy atom. The number of nitrogens with one attached hydrogen (secondary N) is 1. The second-order valence-electron chi connectivity index (χ2n) is 9.81. The number of amides is 1. The Hall–Kier alpha value is -3.71. The van der Waals surface area contributed by atoms with E-state index in [1.807, 2.05) is 49.4 Å². The van der Waals surface area contributed by atoms with E-state index in [2.05, 4.69) is 28.1 Å². The number of aryl methyl sites for hydroxylation is 3. The number of hydrogen-bond acceptors (Lipinski definition) is 5. The molecule has 1 amide bonds. The number of halogens is 1. The van der Waals surface area contributed by atoms with Crippen molar-refractivity contribution in [1.29, 1.82) is 0 Å². The molecule has 0 saturated heterocycles. The van der Waals surface area contributed by atoms with Crippen LogP contribution in [0.1, 0.15) is 42.6 Å². The van der Waals surface area contributed by atoms with Crippen LogP contribution in [0.2, 0.25) is 5.02 Å². The first-order valence-electron chi connectivity index (χ1n) is 13.8. The molecule has 3 aromatic carbocycles. The average molecular weight is 564 g/mol. The third kappa shape index (κ3) is 7.92. The number of benzene rings is 3. The van der Waals surface area contributed by atoms with Crippen molar-refractivity contribution in [3.63, 3.8) is 0 Å². The average Bonchev–Trinajstić information content (AvgIpc) is 3.31. The molecule has 0 aliphatic rings. The standard InChI is InChI=1S/C32H38ClN3O4/c1-23-20-25(14-15-26(23)33)40-19-9-18-36-28-11-7-6-10-27(28)35-31(36)12-5-4-8-17-34-32(37)22-24-13-16-29(38-2)30(21-24)39-3/h6-7,10-11,13-16,20-21H,4-5,8-9,12,17-19,22H2,1-3H3,(H,34,37). The summed E-state index contributed by atoms with van der Waals surface area (Å²) in [6.07, 6.45) is 5.03. The van der Waals surface area contributed by atoms with Gasteiger partial charge in [0.25, 0.3) is 0 Å². The maximum atomic E-state index is 12.4. The number of unbranched alkanes of at least 4 members (excludes halogenated alkanes) is 2. The molecule has 0 radical (unpaired) electrons. The van der Waals surface area contributed by atoms with Crippen LogP contribution < -0.4 is 19.5 Å². The van der Waals surface area contributed by atoms with E-state index in [1.165, 1.54) is 0 Å². The fourth-order valence-corrected chi connectivity index (χ4v) is 4.85. The summed E-state index contributed by atoms with van der Waals surface area (Å²) in [5.41, 5.74) is 4.08. The number of para-hydroxylation sites is 2. The normalized spacial score (nSPS) is 11.0. The zero-order valence-electron chi connectivity index (χ0n) is 23.5. The predicted octanol–water partition coefficient (Wildman–Crippen LogP) is 6.56. The van der Waals surface area contributed by atoms with Crippen LogP contribution in [-0.4, -0.2) is 42.8 Å². The van der Waals surface area contributed by atoms with Gasteiger partial charge in [-0.1, -0.05) is 36.2 Å². The van der Waals surface area contributed by atoms with Crippen LogP contribution in [0, 0.1) is 6.92 Å². The minimum Gasteiger partial charge on any atom is -0.494 e. The summed E-state index contributed by atoms with van der Waals surface area (Å²) in [4.78, 5) is 17.3. The number of nitrogens with zero attached hydrogens (tertiary/aromatic N) is 2. The van der Waals surface area contributed by atoms with E-state index >= 15 is 0 Å². The highest BCUT2D eigenvalue weighted by molar-refractivity contribution is 6.31. The van der Waals surface area contributed by atoms with Gasteiger partial charge in [-0.2, -0.15) is 0 Å². The van der Waals surface area contributed by atoms with E-state index in [0.29, 0.717) is 31.1 Å². The molecule has 0 atom stereocenters. The number of ether oxygens (including phenoxy) is 3. The van der Waals surface area contributed by atoms with Crippen LogP contribution in [0.25, 0.3) is 11.0 Å². The number of aromatic nitrogens is 2. The van der Waals surface area contributed by atoms with E-state index < -0.39 is 0 Å². The smallest absolute Gasteiger partial charge is 0.224 e. The minimum atomic E-state index is 0.00462. The van der Waals surface area contributed by atoms with Gasteiger partial charge in [-0.05, 0) is 79.8 Å². The van der Waals surface area contributed by atoms with Crippen molar-refractivity contribution in [3.8, 4) is 17.2 Å². The number of imidazole rings is 1. The summed E-state index contributed by atoms with van der Waals surface area (Å²) in [6.45, 7) is 4.10. The van der Waals surface area contributed by atoms with Gasteiger partial charge in [0.2, 0.25) is 5.91 Å². The van der Waals surface area contributed by atoms with Gasteiger partial charge in [-0.25, -0.2) is 4.98 Å². The molecule has 1 aromatic heterocycles. The highest BCUT2D eigenvalue weighted by Gasteiger charge is 2.11. The lowest BCUT2D eigenvalue weighted by Crippen LogP contribution is -2.26. The molecule has 8 heteroatoms. The van der Waals surface area contributed by atoms with Crippen LogP contribution in [0.5, 0.6) is 17.2 Å². The molecule has 1 N–H and O–H groups in total. The highest BCUT2D eigenvalue weighted by atomic mass is 35.5. The van der Waals surface area contributed by atoms with Crippen molar-refractivity contribution in [1.82, 2.24) is 14.9 Å². The van der Waals surface area contributed by atoms with Gasteiger partial charge in [0.1, 0.15) is 11.6 Å². The molecular weight excluding hydrogens is 526 g/mol. The van der Waals surface area contributed by atoms with Crippen LogP contribution in [0.15, 0.2) is 60.7 Å². The molecule has 0 unspecified atom stereocenters. The number of methoxy groups -OCH3 is 2. The van der Waals surface area contributed by atoms with Crippen molar-refractivity contribution in [3.05, 3.63) is 82.6 Å². The topological polar surface area (TPSA) is 74.6 Å². The molecule has 1 heterocycles. The summed E-state index contributed by atoms with van der Waals surface area (Å²) in [6, 6.07) is 19.6. The molecule has 0 spiro atoms. The number of hydrogen-bond donors (Lipinski definition) is 1. The Morgan fingerprint density at radius 1 is 0.950 bits per heavy atom. The zero-order valence-corrected chi connectivity index (χ0v) is 24.3. The largest absolute Gasteiger partial charge is 0.494 e. The van der Waals surface area contributed by atoms with E-state index in [9.17, 15) is 4.79 Å². The van der Waals surface area contributed by atoms with Crippen molar-refractivity contribution < 1.29 is 19.0 Å². The molecule has 0 saturated carbocycles. The Morgan fingerprint density at radius 3 is 2.58 bits per heavy atom. The summed E-state index contributed by atoms with van der Waals surface area (Å²) in [5, 5.41) is 3.78. The summed E-state index contributed by atoms with van der Waals surface area (Å²) in [5.74, 6) is 3.23. The fourth-order valence-electron chi connectivity index (χ4n) is 4.74. The fraction of sp³-hybridized carbons (Fsp3) is 0.375. The van der Waals surface area contributed by atoms with Gasteiger partial charge >= 0.3 is 0 Å². The molecule has 7 nitrogen and oxygen atoms in total. The molecule has 0 bridgehead atoms. The molecule has 212 valence electrons. The third-order valence-electron chi connectivity index (χ3n) is 6.87. The molecule has 4 rings (SSSR count). The number of rotatable bonds is 15. The Labute approximate surface area is 241 Å². The van der Waals surface area contributed by atoms with Gasteiger partial charge in [0, 0.05) is 24.5 Å². The summed E-state index contributed by atoms with van der Waals surface area (Å²) >= 11 is 6.12. The Bertz CT molecular complexity index is 1420. The third-order valence-corrected chi connectivity index (χ3v) is 7.29. The minimum absolute atomic E-state index is 0.00462. The molecular formula is C32H38ClN3O4. The second kappa shape index (κ2) is 14.6. The number of carbonyl (C=O) groups is 1. The SMILES string of the molecule is COc1ccc(CC(=O)NCCCCCc2nc3ccccc3n2CCCOc2ccc(Cl)c(C)c2)cc1OC. The van der Waals surface area contributed by atoms with Crippen molar-refractivity contribution >= 4 is 28.5 Å². The molecule has 4 aromatic rings. The predicted molar refractivity (Wildman–Crippen MR) is 160 cm³/mol. The van der Waals surface area contributed by atoms with Gasteiger partial charge in [-0.3, -0.25) is 4.79 Å². The zero-order chi connectivity index (χ0) is 28.3. The molecule has 0 fully saturated rings. The first-order chi connectivity index (χ1) is 19.5. The highest BCUT2D eigenvalue weighted by Crippen LogP contribution is 2.27. The van der Waals surface area contributed by atoms with E-state index in [-0.39, 0.29) is 5.91 Å². The van der Waals surface area contributed by atoms with Crippen LogP contribution in [0.4, 0.5) is 0 Å². The Kier molecular flexibility index (Phi) is 10.7. The number of carbonyl (C=O) groups excluding carboxylic acids is 1. The van der Waals surface area contributed by atoms with Gasteiger partial charge in [-0.15, -0.1) is 0 Å². The maximum Gasteiger partial charge on any atom is 0.224 e. The van der Waals surface area contributed by atoms with E-state index in [4.69, 9.17) is 30.8 Å². The van der Waals surface area contributed by atoms with Crippen molar-refractivity contribution in [2.75, 3.05) is 27.4 Å². The lowest BCUT2D eigenvalue weighted by atomic mass is 10.1. The molecule has 0 aliphatic carbocycles. The van der Waals surface area contributed by atoms with Crippen LogP contribution in [-0.2, 0) is 24.2 Å². The van der Waals surface area contributed by atoms with Crippen LogP contribution >= 0.6 is 11.6 Å². The number of fused-ring (bicyclic) bond motifs is 1. The van der Waals surface area contributed by atoms with Crippen molar-refractivity contribution in [2.24, 2.45) is 0 Å². The van der Waals surface area contributed by atoms with Crippen molar-refractivity contribution in [2.45, 2.75) is 52.0 Å². The Balaban J connectivity index is 1.21. The first kappa shape index (κ1) is 29.3. The molecule has 40 heavy (non-hydrogen) atoms. The maximum absolute atomic E-state index is 12.4. The van der Waals surface area contributed by atoms with Gasteiger partial charge < -0.3 is 24.1 Å². The summed E-state index contributed by atoms with van der Waals surface area (Å²) in [7, 11) is 3.19. The van der Waals surface area contributed by atoms with E-state index in [1.54, 1.807) is 14.2 Å². The summed E-state index contributed by atoms with van der Waals surface area (Å²) < 4.78 is 18.9. The monoisotopic (exact) mass is 563 g/mol. The van der Waals surface area contributed by atoms with E-state index in [0.717, 1.165) is 77.4 Å². The quantitative estimate of drug-likeness (QED) is 0.166. The molecule has 0 aliphatic heterocycles. The first-order valence-corrected chi connectivity index (χ1v) is 14.2. The lowest BCUT2D eigenvalue weighted by Gasteiger charge is -2.11.